The predicted octanol–water partition coefficient (Wildman–Crippen LogP) is 1.27. The molecule has 1 aliphatic rings. The molecule has 4 heterocycles. The van der Waals surface area contributed by atoms with E-state index in [4.69, 9.17) is 0 Å². The monoisotopic (exact) mass is 420 g/mol. The third-order valence-electron chi connectivity index (χ3n) is 5.86. The molecule has 4 aromatic rings. The molecular weight excluding hydrogens is 396 g/mol. The second-order valence-corrected chi connectivity index (χ2v) is 8.12. The van der Waals surface area contributed by atoms with Gasteiger partial charge in [-0.05, 0) is 32.0 Å². The summed E-state index contributed by atoms with van der Waals surface area (Å²) in [5, 5.41) is 5.24. The minimum absolute atomic E-state index is 0.0167. The maximum absolute atomic E-state index is 12.6. The van der Waals surface area contributed by atoms with Gasteiger partial charge in [-0.2, -0.15) is 10.1 Å². The molecule has 1 aromatic carbocycles. The Morgan fingerprint density at radius 1 is 1.03 bits per heavy atom. The van der Waals surface area contributed by atoms with E-state index in [0.29, 0.717) is 41.0 Å². The van der Waals surface area contributed by atoms with E-state index in [1.807, 2.05) is 32.0 Å². The topological polar surface area (TPSA) is 105 Å². The van der Waals surface area contributed by atoms with Crippen LogP contribution in [0.5, 0.6) is 0 Å². The van der Waals surface area contributed by atoms with Crippen LogP contribution in [0, 0.1) is 0 Å². The highest BCUT2D eigenvalue weighted by atomic mass is 16.1. The Hall–Kier alpha value is -3.69. The number of benzene rings is 1. The molecule has 1 fully saturated rings. The average molecular weight is 420 g/mol. The Kier molecular flexibility index (Phi) is 4.49. The summed E-state index contributed by atoms with van der Waals surface area (Å²) in [6.07, 6.45) is 3.15. The van der Waals surface area contributed by atoms with Crippen molar-refractivity contribution in [3.63, 3.8) is 0 Å². The van der Waals surface area contributed by atoms with Gasteiger partial charge in [0, 0.05) is 45.0 Å². The lowest BCUT2D eigenvalue weighted by molar-refractivity contribution is 0.573. The van der Waals surface area contributed by atoms with Crippen molar-refractivity contribution in [1.29, 1.82) is 0 Å². The summed E-state index contributed by atoms with van der Waals surface area (Å²) >= 11 is 0. The predicted molar refractivity (Wildman–Crippen MR) is 120 cm³/mol. The van der Waals surface area contributed by atoms with Gasteiger partial charge in [0.2, 0.25) is 5.95 Å². The Morgan fingerprint density at radius 2 is 1.77 bits per heavy atom. The van der Waals surface area contributed by atoms with Crippen LogP contribution in [0.25, 0.3) is 21.9 Å². The van der Waals surface area contributed by atoms with Crippen LogP contribution in [0.15, 0.2) is 40.3 Å². The molecule has 3 aromatic heterocycles. The van der Waals surface area contributed by atoms with Crippen molar-refractivity contribution in [2.24, 2.45) is 7.05 Å². The first-order chi connectivity index (χ1) is 14.9. The summed E-state index contributed by atoms with van der Waals surface area (Å²) in [5.41, 5.74) is 2.12. The number of hydrogen-bond donors (Lipinski definition) is 1. The SMILES string of the molecule is CC(C)n1cnc2cc(N3CCN(c4nc5c(cnn5C)c(=O)[nH]4)CC3)ccc2c1=O. The lowest BCUT2D eigenvalue weighted by Crippen LogP contribution is -2.47. The number of rotatable bonds is 3. The maximum Gasteiger partial charge on any atom is 0.263 e. The van der Waals surface area contributed by atoms with Crippen molar-refractivity contribution >= 4 is 33.6 Å². The molecule has 0 bridgehead atoms. The number of nitrogens with one attached hydrogen (secondary N) is 1. The van der Waals surface area contributed by atoms with E-state index in [2.05, 4.69) is 29.9 Å². The molecule has 0 aliphatic carbocycles. The smallest absolute Gasteiger partial charge is 0.263 e. The van der Waals surface area contributed by atoms with Crippen LogP contribution in [0.3, 0.4) is 0 Å². The first-order valence-electron chi connectivity index (χ1n) is 10.3. The highest BCUT2D eigenvalue weighted by Crippen LogP contribution is 2.22. The van der Waals surface area contributed by atoms with E-state index in [1.54, 1.807) is 22.6 Å². The van der Waals surface area contributed by atoms with Gasteiger partial charge in [-0.25, -0.2) is 4.98 Å². The Balaban J connectivity index is 1.37. The lowest BCUT2D eigenvalue weighted by Gasteiger charge is -2.36. The van der Waals surface area contributed by atoms with Crippen LogP contribution in [-0.2, 0) is 7.05 Å². The van der Waals surface area contributed by atoms with Crippen LogP contribution in [0.4, 0.5) is 11.6 Å². The third-order valence-corrected chi connectivity index (χ3v) is 5.86. The molecule has 0 radical (unpaired) electrons. The number of aryl methyl sites for hydroxylation is 1. The summed E-state index contributed by atoms with van der Waals surface area (Å²) in [6.45, 7) is 6.90. The highest BCUT2D eigenvalue weighted by Gasteiger charge is 2.21. The molecule has 0 unspecified atom stereocenters. The zero-order valence-corrected chi connectivity index (χ0v) is 17.7. The summed E-state index contributed by atoms with van der Waals surface area (Å²) in [7, 11) is 1.78. The summed E-state index contributed by atoms with van der Waals surface area (Å²) in [4.78, 5) is 41.3. The van der Waals surface area contributed by atoms with Gasteiger partial charge in [-0.1, -0.05) is 0 Å². The van der Waals surface area contributed by atoms with Gasteiger partial charge >= 0.3 is 0 Å². The fourth-order valence-electron chi connectivity index (χ4n) is 4.04. The van der Waals surface area contributed by atoms with E-state index in [-0.39, 0.29) is 17.2 Å². The number of nitrogens with zero attached hydrogens (tertiary/aromatic N) is 7. The number of fused-ring (bicyclic) bond motifs is 2. The van der Waals surface area contributed by atoms with Crippen LogP contribution < -0.4 is 20.9 Å². The van der Waals surface area contributed by atoms with E-state index in [0.717, 1.165) is 18.8 Å². The number of aromatic nitrogens is 6. The van der Waals surface area contributed by atoms with Crippen LogP contribution >= 0.6 is 0 Å². The second-order valence-electron chi connectivity index (χ2n) is 8.12. The molecule has 10 nitrogen and oxygen atoms in total. The minimum Gasteiger partial charge on any atom is -0.368 e. The van der Waals surface area contributed by atoms with E-state index < -0.39 is 0 Å². The van der Waals surface area contributed by atoms with Crippen LogP contribution in [-0.4, -0.2) is 55.5 Å². The highest BCUT2D eigenvalue weighted by molar-refractivity contribution is 5.81. The second kappa shape index (κ2) is 7.22. The van der Waals surface area contributed by atoms with E-state index >= 15 is 0 Å². The molecule has 0 atom stereocenters. The molecule has 0 saturated carbocycles. The third kappa shape index (κ3) is 3.24. The molecule has 1 saturated heterocycles. The van der Waals surface area contributed by atoms with Crippen LogP contribution in [0.2, 0.25) is 0 Å². The minimum atomic E-state index is -0.178. The zero-order chi connectivity index (χ0) is 21.7. The average Bonchev–Trinajstić information content (AvgIpc) is 3.15. The normalized spacial score (nSPS) is 14.8. The first-order valence-corrected chi connectivity index (χ1v) is 10.3. The Bertz CT molecular complexity index is 1390. The number of hydrogen-bond acceptors (Lipinski definition) is 7. The van der Waals surface area contributed by atoms with Gasteiger partial charge in [0.1, 0.15) is 5.39 Å². The van der Waals surface area contributed by atoms with Gasteiger partial charge < -0.3 is 9.80 Å². The van der Waals surface area contributed by atoms with Crippen molar-refractivity contribution < 1.29 is 0 Å². The number of anilines is 2. The molecule has 0 spiro atoms. The number of aromatic amines is 1. The summed E-state index contributed by atoms with van der Waals surface area (Å²) < 4.78 is 3.26. The fourth-order valence-corrected chi connectivity index (χ4v) is 4.04. The molecule has 1 N–H and O–H groups in total. The zero-order valence-electron chi connectivity index (χ0n) is 17.7. The maximum atomic E-state index is 12.6. The van der Waals surface area contributed by atoms with E-state index in [1.165, 1.54) is 6.20 Å². The Morgan fingerprint density at radius 3 is 2.52 bits per heavy atom. The number of piperazine rings is 1. The van der Waals surface area contributed by atoms with Crippen molar-refractivity contribution in [3.8, 4) is 0 Å². The van der Waals surface area contributed by atoms with E-state index in [9.17, 15) is 9.59 Å². The fraction of sp³-hybridized carbons (Fsp3) is 0.381. The summed E-state index contributed by atoms with van der Waals surface area (Å²) in [6, 6.07) is 5.88. The first kappa shape index (κ1) is 19.3. The van der Waals surface area contributed by atoms with Gasteiger partial charge in [0.05, 0.1) is 23.4 Å². The van der Waals surface area contributed by atoms with Crippen molar-refractivity contribution in [2.45, 2.75) is 19.9 Å². The van der Waals surface area contributed by atoms with Crippen molar-refractivity contribution in [3.05, 3.63) is 51.4 Å². The lowest BCUT2D eigenvalue weighted by atomic mass is 10.2. The molecule has 5 rings (SSSR count). The van der Waals surface area contributed by atoms with Crippen molar-refractivity contribution in [2.75, 3.05) is 36.0 Å². The molecule has 0 amide bonds. The molecular formula is C21H24N8O2. The molecule has 10 heteroatoms. The Labute approximate surface area is 177 Å². The molecule has 1 aliphatic heterocycles. The van der Waals surface area contributed by atoms with Gasteiger partial charge in [0.15, 0.2) is 5.65 Å². The quantitative estimate of drug-likeness (QED) is 0.532. The molecule has 160 valence electrons. The van der Waals surface area contributed by atoms with Crippen LogP contribution in [0.1, 0.15) is 19.9 Å². The number of H-pyrrole nitrogens is 1. The summed E-state index contributed by atoms with van der Waals surface area (Å²) in [5.74, 6) is 0.565. The van der Waals surface area contributed by atoms with Gasteiger partial charge in [-0.3, -0.25) is 23.8 Å². The van der Waals surface area contributed by atoms with Gasteiger partial charge in [0.25, 0.3) is 11.1 Å². The van der Waals surface area contributed by atoms with Gasteiger partial charge in [-0.15, -0.1) is 0 Å². The standard InChI is InChI=1S/C21H24N8O2/c1-13(2)29-12-22-17-10-14(4-5-15(17)20(29)31)27-6-8-28(9-7-27)21-24-18-16(19(30)25-21)11-23-26(18)3/h4-5,10-13H,6-9H2,1-3H3,(H,24,25,30). The molecule has 31 heavy (non-hydrogen) atoms. The largest absolute Gasteiger partial charge is 0.368 e. The van der Waals surface area contributed by atoms with Crippen molar-refractivity contribution in [1.82, 2.24) is 29.3 Å².